The van der Waals surface area contributed by atoms with E-state index in [1.807, 2.05) is 0 Å². The molecule has 118 valence electrons. The number of alkyl halides is 2. The fourth-order valence-corrected chi connectivity index (χ4v) is 1.89. The highest BCUT2D eigenvalue weighted by atomic mass is 19.3. The van der Waals surface area contributed by atoms with Crippen LogP contribution in [0.3, 0.4) is 0 Å². The number of carbonyl (C=O) groups excluding carboxylic acids is 1. The van der Waals surface area contributed by atoms with E-state index in [4.69, 9.17) is 9.15 Å². The van der Waals surface area contributed by atoms with E-state index < -0.39 is 18.0 Å². The number of furan rings is 1. The van der Waals surface area contributed by atoms with Crippen LogP contribution in [0.4, 0.5) is 8.78 Å². The molecule has 22 heavy (non-hydrogen) atoms. The lowest BCUT2D eigenvalue weighted by atomic mass is 10.1. The number of ether oxygens (including phenoxy) is 2. The van der Waals surface area contributed by atoms with Gasteiger partial charge in [-0.3, -0.25) is 0 Å². The van der Waals surface area contributed by atoms with E-state index in [0.29, 0.717) is 5.56 Å². The third kappa shape index (κ3) is 3.71. The first-order valence-corrected chi connectivity index (χ1v) is 6.79. The van der Waals surface area contributed by atoms with Crippen molar-refractivity contribution in [3.05, 3.63) is 60.1 Å². The third-order valence-electron chi connectivity index (χ3n) is 2.94. The highest BCUT2D eigenvalue weighted by Gasteiger charge is 2.52. The molecule has 0 amide bonds. The molecule has 2 rings (SSSR count). The molecular weight excluding hydrogens is 294 g/mol. The Bertz CT molecular complexity index is 581. The lowest BCUT2D eigenvalue weighted by Gasteiger charge is -2.23. The maximum absolute atomic E-state index is 14.3. The molecule has 0 N–H and O–H groups in total. The number of hydrogen-bond donors (Lipinski definition) is 0. The molecule has 1 heterocycles. The summed E-state index contributed by atoms with van der Waals surface area (Å²) in [4.78, 5) is 11.5. The number of hydrogen-bond acceptors (Lipinski definition) is 4. The van der Waals surface area contributed by atoms with Crippen LogP contribution in [0.15, 0.2) is 53.1 Å². The van der Waals surface area contributed by atoms with Gasteiger partial charge in [0.25, 0.3) is 0 Å². The summed E-state index contributed by atoms with van der Waals surface area (Å²) in [6.45, 7) is 1.24. The fraction of sp³-hybridized carbons (Fsp3) is 0.312. The standard InChI is InChI=1S/C16H16F2O4/c1-2-20-15(19)16(17,18)14(13-9-6-10-21-13)22-11-12-7-4-3-5-8-12/h3-10,14H,2,11H2,1H3. The first kappa shape index (κ1) is 16.2. The van der Waals surface area contributed by atoms with E-state index in [0.717, 1.165) is 0 Å². The molecule has 0 bridgehead atoms. The van der Waals surface area contributed by atoms with Gasteiger partial charge in [-0.1, -0.05) is 30.3 Å². The van der Waals surface area contributed by atoms with Gasteiger partial charge in [0.15, 0.2) is 6.10 Å². The maximum atomic E-state index is 14.3. The van der Waals surface area contributed by atoms with Crippen LogP contribution in [-0.4, -0.2) is 18.5 Å². The van der Waals surface area contributed by atoms with Crippen LogP contribution in [0.2, 0.25) is 0 Å². The van der Waals surface area contributed by atoms with Gasteiger partial charge in [0.2, 0.25) is 0 Å². The molecule has 1 aromatic carbocycles. The molecule has 0 spiro atoms. The van der Waals surface area contributed by atoms with Crippen LogP contribution in [0.1, 0.15) is 24.4 Å². The molecule has 0 radical (unpaired) electrons. The zero-order valence-corrected chi connectivity index (χ0v) is 12.0. The van der Waals surface area contributed by atoms with Gasteiger partial charge in [-0.15, -0.1) is 0 Å². The Hall–Kier alpha value is -2.21. The first-order chi connectivity index (χ1) is 10.6. The van der Waals surface area contributed by atoms with Crippen molar-refractivity contribution in [3.8, 4) is 0 Å². The smallest absolute Gasteiger partial charge is 0.380 e. The van der Waals surface area contributed by atoms with Crippen LogP contribution in [0, 0.1) is 0 Å². The topological polar surface area (TPSA) is 48.7 Å². The summed E-state index contributed by atoms with van der Waals surface area (Å²) in [5.41, 5.74) is 0.707. The second-order valence-corrected chi connectivity index (χ2v) is 4.54. The number of rotatable bonds is 7. The lowest BCUT2D eigenvalue weighted by Crippen LogP contribution is -2.38. The highest BCUT2D eigenvalue weighted by Crippen LogP contribution is 2.36. The molecule has 1 atom stereocenters. The first-order valence-electron chi connectivity index (χ1n) is 6.79. The molecule has 2 aromatic rings. The zero-order chi connectivity index (χ0) is 16.0. The summed E-state index contributed by atoms with van der Waals surface area (Å²) in [7, 11) is 0. The van der Waals surface area contributed by atoms with Crippen molar-refractivity contribution in [1.82, 2.24) is 0 Å². The number of benzene rings is 1. The van der Waals surface area contributed by atoms with Crippen LogP contribution >= 0.6 is 0 Å². The Morgan fingerprint density at radius 3 is 2.55 bits per heavy atom. The van der Waals surface area contributed by atoms with Gasteiger partial charge in [-0.25, -0.2) is 4.79 Å². The molecule has 1 unspecified atom stereocenters. The molecule has 6 heteroatoms. The van der Waals surface area contributed by atoms with Gasteiger partial charge in [-0.05, 0) is 24.6 Å². The van der Waals surface area contributed by atoms with Crippen LogP contribution in [-0.2, 0) is 20.9 Å². The molecule has 0 aliphatic carbocycles. The van der Waals surface area contributed by atoms with Crippen molar-refractivity contribution in [2.45, 2.75) is 25.6 Å². The summed E-state index contributed by atoms with van der Waals surface area (Å²) < 4.78 is 43.2. The van der Waals surface area contributed by atoms with Crippen LogP contribution in [0.25, 0.3) is 0 Å². The van der Waals surface area contributed by atoms with Crippen molar-refractivity contribution in [2.75, 3.05) is 6.61 Å². The Labute approximate surface area is 126 Å². The number of halogens is 2. The largest absolute Gasteiger partial charge is 0.466 e. The number of carbonyl (C=O) groups is 1. The fourth-order valence-electron chi connectivity index (χ4n) is 1.89. The van der Waals surface area contributed by atoms with Gasteiger partial charge < -0.3 is 13.9 Å². The van der Waals surface area contributed by atoms with E-state index >= 15 is 0 Å². The van der Waals surface area contributed by atoms with Gasteiger partial charge in [0, 0.05) is 0 Å². The van der Waals surface area contributed by atoms with E-state index in [9.17, 15) is 13.6 Å². The minimum Gasteiger partial charge on any atom is -0.466 e. The SMILES string of the molecule is CCOC(=O)C(F)(F)C(OCc1ccccc1)c1ccco1. The third-order valence-corrected chi connectivity index (χ3v) is 2.94. The predicted octanol–water partition coefficient (Wildman–Crippen LogP) is 3.74. The summed E-state index contributed by atoms with van der Waals surface area (Å²) in [5, 5.41) is 0. The summed E-state index contributed by atoms with van der Waals surface area (Å²) in [5.74, 6) is -5.61. The van der Waals surface area contributed by atoms with E-state index in [2.05, 4.69) is 4.74 Å². The van der Waals surface area contributed by atoms with Crippen molar-refractivity contribution in [2.24, 2.45) is 0 Å². The Morgan fingerprint density at radius 2 is 1.95 bits per heavy atom. The Kier molecular flexibility index (Phi) is 5.27. The molecule has 0 saturated carbocycles. The number of esters is 1. The molecule has 0 saturated heterocycles. The Balaban J connectivity index is 2.18. The second kappa shape index (κ2) is 7.17. The highest BCUT2D eigenvalue weighted by molar-refractivity contribution is 5.78. The van der Waals surface area contributed by atoms with Gasteiger partial charge in [0.05, 0.1) is 19.5 Å². The van der Waals surface area contributed by atoms with Crippen molar-refractivity contribution >= 4 is 5.97 Å². The van der Waals surface area contributed by atoms with Gasteiger partial charge in [0.1, 0.15) is 5.76 Å². The van der Waals surface area contributed by atoms with E-state index in [-0.39, 0.29) is 19.0 Å². The van der Waals surface area contributed by atoms with Gasteiger partial charge in [-0.2, -0.15) is 8.78 Å². The van der Waals surface area contributed by atoms with E-state index in [1.165, 1.54) is 25.3 Å². The maximum Gasteiger partial charge on any atom is 0.380 e. The van der Waals surface area contributed by atoms with Gasteiger partial charge >= 0.3 is 11.9 Å². The molecule has 0 fully saturated rings. The van der Waals surface area contributed by atoms with Crippen molar-refractivity contribution in [1.29, 1.82) is 0 Å². The van der Waals surface area contributed by atoms with Crippen LogP contribution in [0.5, 0.6) is 0 Å². The predicted molar refractivity (Wildman–Crippen MR) is 74.3 cm³/mol. The Morgan fingerprint density at radius 1 is 1.23 bits per heavy atom. The summed E-state index contributed by atoms with van der Waals surface area (Å²) in [6.07, 6.45) is -0.600. The minimum absolute atomic E-state index is 0.0821. The normalized spacial score (nSPS) is 12.9. The molecular formula is C16H16F2O4. The zero-order valence-electron chi connectivity index (χ0n) is 12.0. The molecule has 1 aromatic heterocycles. The molecule has 0 aliphatic heterocycles. The summed E-state index contributed by atoms with van der Waals surface area (Å²) >= 11 is 0. The average molecular weight is 310 g/mol. The van der Waals surface area contributed by atoms with Crippen LogP contribution < -0.4 is 0 Å². The van der Waals surface area contributed by atoms with E-state index in [1.54, 1.807) is 30.3 Å². The average Bonchev–Trinajstić information content (AvgIpc) is 3.02. The lowest BCUT2D eigenvalue weighted by molar-refractivity contribution is -0.200. The summed E-state index contributed by atoms with van der Waals surface area (Å²) in [6, 6.07) is 11.6. The monoisotopic (exact) mass is 310 g/mol. The van der Waals surface area contributed by atoms with Crippen molar-refractivity contribution < 1.29 is 27.5 Å². The van der Waals surface area contributed by atoms with Crippen molar-refractivity contribution in [3.63, 3.8) is 0 Å². The quantitative estimate of drug-likeness (QED) is 0.731. The molecule has 0 aliphatic rings. The molecule has 4 nitrogen and oxygen atoms in total. The minimum atomic E-state index is -3.84. The second-order valence-electron chi connectivity index (χ2n) is 4.54.